The SMILES string of the molecule is CN=C(NCC(=O)OC(C)(C)C)N(C)Cc1ccccc1Br. The summed E-state index contributed by atoms with van der Waals surface area (Å²) < 4.78 is 6.31. The highest BCUT2D eigenvalue weighted by atomic mass is 79.9. The fourth-order valence-electron chi connectivity index (χ4n) is 1.87. The summed E-state index contributed by atoms with van der Waals surface area (Å²) in [5, 5.41) is 3.02. The highest BCUT2D eigenvalue weighted by Crippen LogP contribution is 2.17. The highest BCUT2D eigenvalue weighted by molar-refractivity contribution is 9.10. The van der Waals surface area contributed by atoms with Gasteiger partial charge in [-0.3, -0.25) is 9.79 Å². The molecule has 0 fully saturated rings. The standard InChI is InChI=1S/C16H24BrN3O2/c1-16(2,3)22-14(21)10-19-15(18-4)20(5)11-12-8-6-7-9-13(12)17/h6-9H,10-11H2,1-5H3,(H,18,19). The molecule has 0 aliphatic carbocycles. The average molecular weight is 370 g/mol. The maximum absolute atomic E-state index is 11.7. The molecule has 0 spiro atoms. The monoisotopic (exact) mass is 369 g/mol. The van der Waals surface area contributed by atoms with Gasteiger partial charge in [0.1, 0.15) is 12.1 Å². The number of ether oxygens (including phenoxy) is 1. The zero-order valence-electron chi connectivity index (χ0n) is 13.8. The Morgan fingerprint density at radius 3 is 2.55 bits per heavy atom. The zero-order chi connectivity index (χ0) is 16.8. The van der Waals surface area contributed by atoms with Gasteiger partial charge in [0.25, 0.3) is 0 Å². The number of guanidine groups is 1. The van der Waals surface area contributed by atoms with Crippen molar-refractivity contribution in [2.24, 2.45) is 4.99 Å². The van der Waals surface area contributed by atoms with Gasteiger partial charge in [-0.05, 0) is 32.4 Å². The number of carbonyl (C=O) groups is 1. The smallest absolute Gasteiger partial charge is 0.325 e. The van der Waals surface area contributed by atoms with Crippen molar-refractivity contribution in [2.75, 3.05) is 20.6 Å². The lowest BCUT2D eigenvalue weighted by atomic mass is 10.2. The predicted octanol–water partition coefficient (Wildman–Crippen LogP) is 2.80. The fraction of sp³-hybridized carbons (Fsp3) is 0.500. The van der Waals surface area contributed by atoms with Gasteiger partial charge in [0.15, 0.2) is 5.96 Å². The number of halogens is 1. The summed E-state index contributed by atoms with van der Waals surface area (Å²) in [5.74, 6) is 0.338. The lowest BCUT2D eigenvalue weighted by Crippen LogP contribution is -2.42. The van der Waals surface area contributed by atoms with Crippen LogP contribution in [0.1, 0.15) is 26.3 Å². The minimum Gasteiger partial charge on any atom is -0.459 e. The summed E-state index contributed by atoms with van der Waals surface area (Å²) in [4.78, 5) is 17.9. The summed E-state index contributed by atoms with van der Waals surface area (Å²) in [7, 11) is 3.61. The predicted molar refractivity (Wildman–Crippen MR) is 92.8 cm³/mol. The summed E-state index contributed by atoms with van der Waals surface area (Å²) in [5.41, 5.74) is 0.661. The van der Waals surface area contributed by atoms with Gasteiger partial charge in [-0.1, -0.05) is 34.1 Å². The molecule has 1 N–H and O–H groups in total. The highest BCUT2D eigenvalue weighted by Gasteiger charge is 2.17. The molecular formula is C16H24BrN3O2. The van der Waals surface area contributed by atoms with Crippen molar-refractivity contribution < 1.29 is 9.53 Å². The van der Waals surface area contributed by atoms with Crippen molar-refractivity contribution in [3.8, 4) is 0 Å². The van der Waals surface area contributed by atoms with Crippen molar-refractivity contribution in [3.63, 3.8) is 0 Å². The molecule has 0 unspecified atom stereocenters. The Bertz CT molecular complexity index is 538. The molecule has 1 rings (SSSR count). The van der Waals surface area contributed by atoms with Crippen LogP contribution in [0.3, 0.4) is 0 Å². The second-order valence-electron chi connectivity index (χ2n) is 5.93. The van der Waals surface area contributed by atoms with E-state index in [2.05, 4.69) is 26.2 Å². The Balaban J connectivity index is 2.58. The quantitative estimate of drug-likeness (QED) is 0.503. The third kappa shape index (κ3) is 6.47. The lowest BCUT2D eigenvalue weighted by Gasteiger charge is -2.24. The van der Waals surface area contributed by atoms with Gasteiger partial charge < -0.3 is 15.0 Å². The van der Waals surface area contributed by atoms with E-state index in [0.29, 0.717) is 12.5 Å². The van der Waals surface area contributed by atoms with Crippen LogP contribution in [0.4, 0.5) is 0 Å². The van der Waals surface area contributed by atoms with Gasteiger partial charge in [-0.15, -0.1) is 0 Å². The van der Waals surface area contributed by atoms with Gasteiger partial charge in [-0.2, -0.15) is 0 Å². The number of hydrogen-bond acceptors (Lipinski definition) is 3. The number of nitrogens with zero attached hydrogens (tertiary/aromatic N) is 2. The normalized spacial score (nSPS) is 12.0. The molecule has 0 aliphatic rings. The van der Waals surface area contributed by atoms with Crippen LogP contribution in [0.15, 0.2) is 33.7 Å². The number of benzene rings is 1. The van der Waals surface area contributed by atoms with Crippen LogP contribution in [0.5, 0.6) is 0 Å². The topological polar surface area (TPSA) is 53.9 Å². The van der Waals surface area contributed by atoms with Crippen molar-refractivity contribution >= 4 is 27.9 Å². The number of rotatable bonds is 4. The van der Waals surface area contributed by atoms with E-state index < -0.39 is 5.60 Å². The van der Waals surface area contributed by atoms with Crippen LogP contribution < -0.4 is 5.32 Å². The molecule has 0 saturated carbocycles. The van der Waals surface area contributed by atoms with E-state index in [4.69, 9.17) is 4.74 Å². The summed E-state index contributed by atoms with van der Waals surface area (Å²) >= 11 is 3.53. The Hall–Kier alpha value is -1.56. The molecule has 122 valence electrons. The Labute approximate surface area is 140 Å². The van der Waals surface area contributed by atoms with Crippen LogP contribution in [0.25, 0.3) is 0 Å². The molecule has 0 bridgehead atoms. The zero-order valence-corrected chi connectivity index (χ0v) is 15.4. The summed E-state index contributed by atoms with van der Waals surface area (Å²) in [6.45, 7) is 6.30. The van der Waals surface area contributed by atoms with E-state index in [1.54, 1.807) is 7.05 Å². The molecule has 22 heavy (non-hydrogen) atoms. The van der Waals surface area contributed by atoms with Crippen LogP contribution in [0, 0.1) is 0 Å². The minimum absolute atomic E-state index is 0.0875. The first-order valence-corrected chi connectivity index (χ1v) is 7.89. The number of aliphatic imine (C=N–C) groups is 1. The van der Waals surface area contributed by atoms with E-state index in [1.165, 1.54) is 0 Å². The van der Waals surface area contributed by atoms with Crippen LogP contribution in [-0.2, 0) is 16.1 Å². The van der Waals surface area contributed by atoms with Gasteiger partial charge in [0, 0.05) is 25.1 Å². The summed E-state index contributed by atoms with van der Waals surface area (Å²) in [6, 6.07) is 8.01. The van der Waals surface area contributed by atoms with Gasteiger partial charge in [-0.25, -0.2) is 0 Å². The van der Waals surface area contributed by atoms with E-state index in [1.807, 2.05) is 57.0 Å². The van der Waals surface area contributed by atoms with Crippen molar-refractivity contribution in [1.82, 2.24) is 10.2 Å². The van der Waals surface area contributed by atoms with Gasteiger partial charge >= 0.3 is 5.97 Å². The first-order chi connectivity index (χ1) is 10.2. The third-order valence-corrected chi connectivity index (χ3v) is 3.52. The molecule has 1 aromatic carbocycles. The maximum atomic E-state index is 11.7. The lowest BCUT2D eigenvalue weighted by molar-refractivity contribution is -0.153. The number of esters is 1. The molecule has 0 atom stereocenters. The van der Waals surface area contributed by atoms with Crippen LogP contribution >= 0.6 is 15.9 Å². The van der Waals surface area contributed by atoms with E-state index >= 15 is 0 Å². The largest absolute Gasteiger partial charge is 0.459 e. The first-order valence-electron chi connectivity index (χ1n) is 7.10. The van der Waals surface area contributed by atoms with E-state index in [0.717, 1.165) is 10.0 Å². The first kappa shape index (κ1) is 18.5. The molecule has 0 aromatic heterocycles. The number of nitrogens with one attached hydrogen (secondary N) is 1. The minimum atomic E-state index is -0.483. The second-order valence-corrected chi connectivity index (χ2v) is 6.79. The number of hydrogen-bond donors (Lipinski definition) is 1. The third-order valence-electron chi connectivity index (χ3n) is 2.75. The molecule has 0 aliphatic heterocycles. The average Bonchev–Trinajstić information content (AvgIpc) is 2.40. The molecule has 1 aromatic rings. The molecule has 6 heteroatoms. The molecule has 0 saturated heterocycles. The fourth-order valence-corrected chi connectivity index (χ4v) is 2.28. The van der Waals surface area contributed by atoms with Crippen molar-refractivity contribution in [1.29, 1.82) is 0 Å². The number of carbonyl (C=O) groups excluding carboxylic acids is 1. The second kappa shape index (κ2) is 8.17. The molecule has 0 radical (unpaired) electrons. The Morgan fingerprint density at radius 1 is 1.36 bits per heavy atom. The van der Waals surface area contributed by atoms with Crippen LogP contribution in [0.2, 0.25) is 0 Å². The van der Waals surface area contributed by atoms with Gasteiger partial charge in [0.2, 0.25) is 0 Å². The van der Waals surface area contributed by atoms with Crippen LogP contribution in [-0.4, -0.2) is 43.1 Å². The van der Waals surface area contributed by atoms with E-state index in [9.17, 15) is 4.79 Å². The van der Waals surface area contributed by atoms with Gasteiger partial charge in [0.05, 0.1) is 0 Å². The maximum Gasteiger partial charge on any atom is 0.325 e. The van der Waals surface area contributed by atoms with E-state index in [-0.39, 0.29) is 12.5 Å². The Morgan fingerprint density at radius 2 is 2.00 bits per heavy atom. The Kier molecular flexibility index (Phi) is 6.87. The molecule has 0 amide bonds. The molecule has 0 heterocycles. The van der Waals surface area contributed by atoms with Crippen molar-refractivity contribution in [3.05, 3.63) is 34.3 Å². The molecule has 5 nitrogen and oxygen atoms in total. The van der Waals surface area contributed by atoms with Crippen molar-refractivity contribution in [2.45, 2.75) is 32.9 Å². The molecular weight excluding hydrogens is 346 g/mol. The summed E-state index contributed by atoms with van der Waals surface area (Å²) in [6.07, 6.45) is 0.